The molecule has 0 aliphatic carbocycles. The van der Waals surface area contributed by atoms with Gasteiger partial charge in [0.2, 0.25) is 0 Å². The Morgan fingerprint density at radius 1 is 1.25 bits per heavy atom. The van der Waals surface area contributed by atoms with E-state index in [1.54, 1.807) is 7.11 Å². The molecule has 0 bridgehead atoms. The number of hydrogen-bond acceptors (Lipinski definition) is 3. The number of esters is 1. The molecule has 0 aromatic heterocycles. The van der Waals surface area contributed by atoms with Crippen molar-refractivity contribution in [3.05, 3.63) is 29.8 Å². The van der Waals surface area contributed by atoms with Gasteiger partial charge in [0.05, 0.1) is 32.7 Å². The van der Waals surface area contributed by atoms with Crippen LogP contribution in [-0.2, 0) is 16.1 Å². The highest BCUT2D eigenvalue weighted by atomic mass is 16.5. The first-order valence-corrected chi connectivity index (χ1v) is 7.36. The highest BCUT2D eigenvalue weighted by Crippen LogP contribution is 2.13. The molecule has 0 saturated carbocycles. The van der Waals surface area contributed by atoms with Gasteiger partial charge in [-0.2, -0.15) is 0 Å². The van der Waals surface area contributed by atoms with Crippen LogP contribution in [0.1, 0.15) is 25.3 Å². The number of carbonyl (C=O) groups excluding carboxylic acids is 1. The normalized spacial score (nSPS) is 22.3. The van der Waals surface area contributed by atoms with Gasteiger partial charge in [0, 0.05) is 18.4 Å². The van der Waals surface area contributed by atoms with Crippen molar-refractivity contribution in [3.63, 3.8) is 0 Å². The van der Waals surface area contributed by atoms with Crippen LogP contribution in [0.3, 0.4) is 0 Å². The van der Waals surface area contributed by atoms with Crippen LogP contribution < -0.4 is 9.64 Å². The molecular weight excluding hydrogens is 254 g/mol. The third-order valence-corrected chi connectivity index (χ3v) is 3.93. The molecule has 0 unspecified atom stereocenters. The number of quaternary nitrogens is 1. The quantitative estimate of drug-likeness (QED) is 0.819. The summed E-state index contributed by atoms with van der Waals surface area (Å²) < 4.78 is 10.3. The maximum absolute atomic E-state index is 11.7. The largest absolute Gasteiger partial charge is 0.497 e. The first kappa shape index (κ1) is 14.9. The first-order chi connectivity index (χ1) is 9.72. The molecule has 0 amide bonds. The van der Waals surface area contributed by atoms with Gasteiger partial charge in [0.25, 0.3) is 0 Å². The molecule has 110 valence electrons. The number of hydrogen-bond donors (Lipinski definition) is 1. The van der Waals surface area contributed by atoms with Crippen LogP contribution in [0, 0.1) is 5.92 Å². The van der Waals surface area contributed by atoms with E-state index in [4.69, 9.17) is 9.47 Å². The van der Waals surface area contributed by atoms with Crippen molar-refractivity contribution >= 4 is 5.97 Å². The Hall–Kier alpha value is -1.55. The van der Waals surface area contributed by atoms with Crippen molar-refractivity contribution in [1.29, 1.82) is 0 Å². The van der Waals surface area contributed by atoms with Gasteiger partial charge in [0.15, 0.2) is 0 Å². The second kappa shape index (κ2) is 7.29. The fraction of sp³-hybridized carbons (Fsp3) is 0.562. The number of likely N-dealkylation sites (tertiary alicyclic amines) is 1. The summed E-state index contributed by atoms with van der Waals surface area (Å²) in [5.41, 5.74) is 1.32. The van der Waals surface area contributed by atoms with Crippen molar-refractivity contribution in [2.45, 2.75) is 26.3 Å². The third-order valence-electron chi connectivity index (χ3n) is 3.93. The average Bonchev–Trinajstić information content (AvgIpc) is 2.49. The molecule has 1 aromatic rings. The van der Waals surface area contributed by atoms with Gasteiger partial charge in [0.1, 0.15) is 12.3 Å². The van der Waals surface area contributed by atoms with E-state index in [1.165, 1.54) is 10.5 Å². The van der Waals surface area contributed by atoms with Crippen molar-refractivity contribution < 1.29 is 19.2 Å². The van der Waals surface area contributed by atoms with Crippen LogP contribution in [0.4, 0.5) is 0 Å². The molecule has 1 fully saturated rings. The van der Waals surface area contributed by atoms with E-state index in [9.17, 15) is 4.79 Å². The zero-order valence-corrected chi connectivity index (χ0v) is 12.4. The minimum absolute atomic E-state index is 0.0176. The standard InChI is InChI=1S/C16H23NO3/c1-3-20-16(18)14-8-10-17(11-9-14)12-13-4-6-15(19-2)7-5-13/h4-7,14H,3,8-12H2,1-2H3/p+1. The van der Waals surface area contributed by atoms with Gasteiger partial charge < -0.3 is 14.4 Å². The number of ether oxygens (including phenoxy) is 2. The number of nitrogens with one attached hydrogen (secondary N) is 1. The Bertz CT molecular complexity index is 422. The minimum Gasteiger partial charge on any atom is -0.497 e. The Balaban J connectivity index is 1.80. The fourth-order valence-electron chi connectivity index (χ4n) is 2.73. The summed E-state index contributed by atoms with van der Waals surface area (Å²) in [5.74, 6) is 0.982. The summed E-state index contributed by atoms with van der Waals surface area (Å²) in [5, 5.41) is 0. The monoisotopic (exact) mass is 278 g/mol. The summed E-state index contributed by atoms with van der Waals surface area (Å²) in [6.45, 7) is 5.43. The van der Waals surface area contributed by atoms with Crippen molar-refractivity contribution in [1.82, 2.24) is 0 Å². The van der Waals surface area contributed by atoms with E-state index in [0.717, 1.165) is 38.2 Å². The SMILES string of the molecule is CCOC(=O)C1CC[NH+](Cc2ccc(OC)cc2)CC1. The number of carbonyl (C=O) groups is 1. The predicted molar refractivity (Wildman–Crippen MR) is 76.8 cm³/mol. The molecule has 4 heteroatoms. The first-order valence-electron chi connectivity index (χ1n) is 7.36. The number of piperidine rings is 1. The molecule has 2 rings (SSSR count). The molecule has 0 radical (unpaired) electrons. The third kappa shape index (κ3) is 3.97. The number of rotatable bonds is 5. The zero-order chi connectivity index (χ0) is 14.4. The second-order valence-electron chi connectivity index (χ2n) is 5.30. The molecule has 1 N–H and O–H groups in total. The van der Waals surface area contributed by atoms with Crippen LogP contribution in [0.15, 0.2) is 24.3 Å². The highest BCUT2D eigenvalue weighted by Gasteiger charge is 2.28. The maximum Gasteiger partial charge on any atom is 0.309 e. The van der Waals surface area contributed by atoms with E-state index in [2.05, 4.69) is 12.1 Å². The summed E-state index contributed by atoms with van der Waals surface area (Å²) in [4.78, 5) is 13.2. The van der Waals surface area contributed by atoms with Gasteiger partial charge >= 0.3 is 5.97 Å². The molecule has 0 spiro atoms. The Morgan fingerprint density at radius 2 is 1.90 bits per heavy atom. The zero-order valence-electron chi connectivity index (χ0n) is 12.4. The van der Waals surface area contributed by atoms with Gasteiger partial charge in [-0.15, -0.1) is 0 Å². The lowest BCUT2D eigenvalue weighted by Crippen LogP contribution is -3.11. The van der Waals surface area contributed by atoms with Crippen molar-refractivity contribution in [2.75, 3.05) is 26.8 Å². The molecule has 4 nitrogen and oxygen atoms in total. The van der Waals surface area contributed by atoms with Gasteiger partial charge in [-0.1, -0.05) is 0 Å². The lowest BCUT2D eigenvalue weighted by Gasteiger charge is -2.28. The van der Waals surface area contributed by atoms with Gasteiger partial charge in [-0.3, -0.25) is 4.79 Å². The molecule has 20 heavy (non-hydrogen) atoms. The van der Waals surface area contributed by atoms with Crippen molar-refractivity contribution in [2.24, 2.45) is 5.92 Å². The summed E-state index contributed by atoms with van der Waals surface area (Å²) in [6, 6.07) is 8.23. The summed E-state index contributed by atoms with van der Waals surface area (Å²) >= 11 is 0. The van der Waals surface area contributed by atoms with Crippen LogP contribution in [0.2, 0.25) is 0 Å². The maximum atomic E-state index is 11.7. The van der Waals surface area contributed by atoms with Crippen LogP contribution >= 0.6 is 0 Å². The lowest BCUT2D eigenvalue weighted by molar-refractivity contribution is -0.919. The Morgan fingerprint density at radius 3 is 2.45 bits per heavy atom. The molecule has 1 heterocycles. The topological polar surface area (TPSA) is 40.0 Å². The molecule has 1 aromatic carbocycles. The lowest BCUT2D eigenvalue weighted by atomic mass is 9.96. The summed E-state index contributed by atoms with van der Waals surface area (Å²) in [7, 11) is 1.68. The van der Waals surface area contributed by atoms with Gasteiger partial charge in [-0.25, -0.2) is 0 Å². The Labute approximate surface area is 120 Å². The van der Waals surface area contributed by atoms with Gasteiger partial charge in [-0.05, 0) is 31.2 Å². The van der Waals surface area contributed by atoms with E-state index in [-0.39, 0.29) is 11.9 Å². The minimum atomic E-state index is -0.0176. The molecule has 1 saturated heterocycles. The predicted octanol–water partition coefficient (Wildman–Crippen LogP) is 1.05. The molecular formula is C16H24NO3+. The molecule has 1 aliphatic rings. The highest BCUT2D eigenvalue weighted by molar-refractivity contribution is 5.72. The number of methoxy groups -OCH3 is 1. The van der Waals surface area contributed by atoms with Crippen LogP contribution in [0.25, 0.3) is 0 Å². The average molecular weight is 278 g/mol. The van der Waals surface area contributed by atoms with Crippen LogP contribution in [0.5, 0.6) is 5.75 Å². The fourth-order valence-corrected chi connectivity index (χ4v) is 2.73. The van der Waals surface area contributed by atoms with Crippen molar-refractivity contribution in [3.8, 4) is 5.75 Å². The number of benzene rings is 1. The smallest absolute Gasteiger partial charge is 0.309 e. The summed E-state index contributed by atoms with van der Waals surface area (Å²) in [6.07, 6.45) is 1.87. The second-order valence-corrected chi connectivity index (χ2v) is 5.30. The van der Waals surface area contributed by atoms with Crippen LogP contribution in [-0.4, -0.2) is 32.8 Å². The molecule has 1 aliphatic heterocycles. The Kier molecular flexibility index (Phi) is 5.41. The van der Waals surface area contributed by atoms with E-state index in [0.29, 0.717) is 6.61 Å². The van der Waals surface area contributed by atoms with E-state index < -0.39 is 0 Å². The van der Waals surface area contributed by atoms with E-state index in [1.807, 2.05) is 19.1 Å². The van der Waals surface area contributed by atoms with E-state index >= 15 is 0 Å². The molecule has 0 atom stereocenters.